The molecule has 0 saturated heterocycles. The zero-order chi connectivity index (χ0) is 13.1. The summed E-state index contributed by atoms with van der Waals surface area (Å²) in [4.78, 5) is 4.42. The molecular formula is C14H27N3. The molecule has 1 N–H and O–H groups in total. The highest BCUT2D eigenvalue weighted by atomic mass is 15.1. The van der Waals surface area contributed by atoms with Crippen LogP contribution in [0.15, 0.2) is 12.4 Å². The summed E-state index contributed by atoms with van der Waals surface area (Å²) >= 11 is 0. The Morgan fingerprint density at radius 2 is 2.00 bits per heavy atom. The molecule has 0 saturated carbocycles. The number of rotatable bonds is 5. The van der Waals surface area contributed by atoms with Gasteiger partial charge in [-0.2, -0.15) is 0 Å². The van der Waals surface area contributed by atoms with E-state index < -0.39 is 0 Å². The molecule has 0 spiro atoms. The normalized spacial score (nSPS) is 14.3. The second kappa shape index (κ2) is 5.67. The van der Waals surface area contributed by atoms with Crippen molar-refractivity contribution >= 4 is 0 Å². The smallest absolute Gasteiger partial charge is 0.108 e. The molecule has 3 heteroatoms. The lowest BCUT2D eigenvalue weighted by Gasteiger charge is -2.29. The second-order valence-corrected chi connectivity index (χ2v) is 6.05. The lowest BCUT2D eigenvalue weighted by Crippen LogP contribution is -2.41. The van der Waals surface area contributed by atoms with E-state index in [1.165, 1.54) is 5.82 Å². The topological polar surface area (TPSA) is 29.9 Å². The summed E-state index contributed by atoms with van der Waals surface area (Å²) in [5.74, 6) is 1.78. The van der Waals surface area contributed by atoms with Gasteiger partial charge in [0, 0.05) is 36.9 Å². The van der Waals surface area contributed by atoms with Gasteiger partial charge in [0.2, 0.25) is 0 Å². The van der Waals surface area contributed by atoms with Crippen molar-refractivity contribution in [2.45, 2.75) is 59.5 Å². The third-order valence-electron chi connectivity index (χ3n) is 3.03. The molecular weight excluding hydrogens is 210 g/mol. The maximum absolute atomic E-state index is 4.42. The fraction of sp³-hybridized carbons (Fsp3) is 0.786. The number of hydrogen-bond donors (Lipinski definition) is 1. The minimum atomic E-state index is 0.167. The third kappa shape index (κ3) is 4.15. The van der Waals surface area contributed by atoms with Gasteiger partial charge in [-0.25, -0.2) is 4.98 Å². The lowest BCUT2D eigenvalue weighted by molar-refractivity contribution is 0.307. The Bertz CT molecular complexity index is 333. The van der Waals surface area contributed by atoms with Crippen molar-refractivity contribution in [1.82, 2.24) is 14.9 Å². The Morgan fingerprint density at radius 1 is 1.35 bits per heavy atom. The minimum absolute atomic E-state index is 0.167. The van der Waals surface area contributed by atoms with Gasteiger partial charge in [0.15, 0.2) is 0 Å². The van der Waals surface area contributed by atoms with E-state index in [4.69, 9.17) is 0 Å². The molecule has 1 heterocycles. The highest BCUT2D eigenvalue weighted by Gasteiger charge is 2.20. The Hall–Kier alpha value is -0.830. The van der Waals surface area contributed by atoms with E-state index in [9.17, 15) is 0 Å². The van der Waals surface area contributed by atoms with Gasteiger partial charge >= 0.3 is 0 Å². The van der Waals surface area contributed by atoms with Crippen molar-refractivity contribution in [3.63, 3.8) is 0 Å². The monoisotopic (exact) mass is 237 g/mol. The van der Waals surface area contributed by atoms with E-state index in [0.717, 1.165) is 13.0 Å². The molecule has 1 atom stereocenters. The molecule has 1 unspecified atom stereocenters. The molecule has 0 aromatic carbocycles. The zero-order valence-electron chi connectivity index (χ0n) is 12.1. The number of imidazole rings is 1. The molecule has 0 aliphatic rings. The fourth-order valence-corrected chi connectivity index (χ4v) is 1.99. The van der Waals surface area contributed by atoms with E-state index in [-0.39, 0.29) is 5.54 Å². The first-order chi connectivity index (χ1) is 7.85. The van der Waals surface area contributed by atoms with Gasteiger partial charge < -0.3 is 9.88 Å². The minimum Gasteiger partial charge on any atom is -0.330 e. The SMILES string of the molecule is CCc1nccn1C(CNC(C)(C)C)C(C)C. The molecule has 0 bridgehead atoms. The van der Waals surface area contributed by atoms with Crippen LogP contribution in [-0.2, 0) is 6.42 Å². The van der Waals surface area contributed by atoms with Gasteiger partial charge in [0.05, 0.1) is 0 Å². The van der Waals surface area contributed by atoms with Gasteiger partial charge in [-0.3, -0.25) is 0 Å². The molecule has 17 heavy (non-hydrogen) atoms. The van der Waals surface area contributed by atoms with Gasteiger partial charge in [-0.15, -0.1) is 0 Å². The molecule has 1 aromatic heterocycles. The van der Waals surface area contributed by atoms with Gasteiger partial charge in [-0.05, 0) is 26.7 Å². The maximum Gasteiger partial charge on any atom is 0.108 e. The quantitative estimate of drug-likeness (QED) is 0.853. The highest BCUT2D eigenvalue weighted by Crippen LogP contribution is 2.20. The van der Waals surface area contributed by atoms with Crippen molar-refractivity contribution in [2.24, 2.45) is 5.92 Å². The summed E-state index contributed by atoms with van der Waals surface area (Å²) in [6, 6.07) is 0.478. The summed E-state index contributed by atoms with van der Waals surface area (Å²) in [6.45, 7) is 14.3. The molecule has 98 valence electrons. The molecule has 0 aliphatic carbocycles. The van der Waals surface area contributed by atoms with Crippen molar-refractivity contribution in [3.05, 3.63) is 18.2 Å². The second-order valence-electron chi connectivity index (χ2n) is 6.05. The largest absolute Gasteiger partial charge is 0.330 e. The van der Waals surface area contributed by atoms with Crippen LogP contribution in [-0.4, -0.2) is 21.6 Å². The molecule has 0 fully saturated rings. The average Bonchev–Trinajstić information content (AvgIpc) is 2.63. The Balaban J connectivity index is 2.79. The van der Waals surface area contributed by atoms with Crippen LogP contribution in [0.25, 0.3) is 0 Å². The standard InChI is InChI=1S/C14H27N3/c1-7-13-15-8-9-17(13)12(11(2)3)10-16-14(4,5)6/h8-9,11-12,16H,7,10H2,1-6H3. The number of aromatic nitrogens is 2. The summed E-state index contributed by atoms with van der Waals surface area (Å²) in [5.41, 5.74) is 0.167. The van der Waals surface area contributed by atoms with Crippen LogP contribution in [0.2, 0.25) is 0 Å². The van der Waals surface area contributed by atoms with E-state index >= 15 is 0 Å². The molecule has 0 radical (unpaired) electrons. The number of nitrogens with zero attached hydrogens (tertiary/aromatic N) is 2. The molecule has 1 rings (SSSR count). The summed E-state index contributed by atoms with van der Waals surface area (Å²) < 4.78 is 2.32. The van der Waals surface area contributed by atoms with Gasteiger partial charge in [0.25, 0.3) is 0 Å². The fourth-order valence-electron chi connectivity index (χ4n) is 1.99. The van der Waals surface area contributed by atoms with Crippen LogP contribution >= 0.6 is 0 Å². The van der Waals surface area contributed by atoms with Gasteiger partial charge in [-0.1, -0.05) is 20.8 Å². The average molecular weight is 237 g/mol. The first-order valence-corrected chi connectivity index (χ1v) is 6.62. The molecule has 0 aliphatic heterocycles. The lowest BCUT2D eigenvalue weighted by atomic mass is 10.0. The predicted molar refractivity (Wildman–Crippen MR) is 73.2 cm³/mol. The molecule has 3 nitrogen and oxygen atoms in total. The Morgan fingerprint density at radius 3 is 2.47 bits per heavy atom. The molecule has 1 aromatic rings. The zero-order valence-corrected chi connectivity index (χ0v) is 12.1. The van der Waals surface area contributed by atoms with Crippen LogP contribution in [0, 0.1) is 5.92 Å². The van der Waals surface area contributed by atoms with Crippen LogP contribution < -0.4 is 5.32 Å². The first kappa shape index (κ1) is 14.2. The summed E-state index contributed by atoms with van der Waals surface area (Å²) in [7, 11) is 0. The van der Waals surface area contributed by atoms with Gasteiger partial charge in [0.1, 0.15) is 5.82 Å². The number of aryl methyl sites for hydroxylation is 1. The third-order valence-corrected chi connectivity index (χ3v) is 3.03. The summed E-state index contributed by atoms with van der Waals surface area (Å²) in [6.07, 6.45) is 5.00. The number of hydrogen-bond acceptors (Lipinski definition) is 2. The Labute approximate surface area is 106 Å². The van der Waals surface area contributed by atoms with Crippen molar-refractivity contribution in [3.8, 4) is 0 Å². The van der Waals surface area contributed by atoms with Crippen LogP contribution in [0.5, 0.6) is 0 Å². The predicted octanol–water partition coefficient (Wildman–Crippen LogP) is 3.03. The van der Waals surface area contributed by atoms with Crippen LogP contribution in [0.3, 0.4) is 0 Å². The highest BCUT2D eigenvalue weighted by molar-refractivity contribution is 4.96. The van der Waals surface area contributed by atoms with Crippen molar-refractivity contribution < 1.29 is 0 Å². The van der Waals surface area contributed by atoms with E-state index in [1.807, 2.05) is 6.20 Å². The summed E-state index contributed by atoms with van der Waals surface area (Å²) in [5, 5.41) is 3.59. The first-order valence-electron chi connectivity index (χ1n) is 6.62. The van der Waals surface area contributed by atoms with E-state index in [0.29, 0.717) is 12.0 Å². The van der Waals surface area contributed by atoms with Crippen LogP contribution in [0.1, 0.15) is 53.4 Å². The molecule has 0 amide bonds. The van der Waals surface area contributed by atoms with Crippen molar-refractivity contribution in [2.75, 3.05) is 6.54 Å². The van der Waals surface area contributed by atoms with Crippen molar-refractivity contribution in [1.29, 1.82) is 0 Å². The Kier molecular flexibility index (Phi) is 4.75. The maximum atomic E-state index is 4.42. The number of nitrogens with one attached hydrogen (secondary N) is 1. The van der Waals surface area contributed by atoms with E-state index in [1.54, 1.807) is 0 Å². The van der Waals surface area contributed by atoms with Crippen LogP contribution in [0.4, 0.5) is 0 Å². The van der Waals surface area contributed by atoms with E-state index in [2.05, 4.69) is 62.6 Å².